The third kappa shape index (κ3) is 2.60. The van der Waals surface area contributed by atoms with E-state index in [2.05, 4.69) is 49.7 Å². The minimum atomic E-state index is -0.120. The first kappa shape index (κ1) is 12.7. The Balaban J connectivity index is 3.02. The summed E-state index contributed by atoms with van der Waals surface area (Å²) in [5.74, 6) is 0. The molecule has 0 aliphatic carbocycles. The number of thiophene rings is 1. The molecule has 0 aliphatic heterocycles. The van der Waals surface area contributed by atoms with Crippen molar-refractivity contribution in [1.82, 2.24) is 4.90 Å². The van der Waals surface area contributed by atoms with E-state index in [1.165, 1.54) is 5.56 Å². The van der Waals surface area contributed by atoms with Gasteiger partial charge in [0.1, 0.15) is 0 Å². The fourth-order valence-electron chi connectivity index (χ4n) is 2.21. The number of nitrogens with zero attached hydrogens (tertiary/aromatic N) is 1. The Hall–Kier alpha value is -0.380. The number of rotatable bonds is 5. The third-order valence-electron chi connectivity index (χ3n) is 3.24. The molecule has 0 amide bonds. The molecule has 0 saturated heterocycles. The molecule has 0 aromatic carbocycles. The van der Waals surface area contributed by atoms with E-state index in [1.54, 1.807) is 11.3 Å². The number of nitrogens with two attached hydrogens (primary N) is 1. The first-order valence-corrected chi connectivity index (χ1v) is 6.46. The maximum absolute atomic E-state index is 6.50. The van der Waals surface area contributed by atoms with Gasteiger partial charge in [-0.3, -0.25) is 0 Å². The molecule has 15 heavy (non-hydrogen) atoms. The van der Waals surface area contributed by atoms with E-state index in [4.69, 9.17) is 5.73 Å². The Kier molecular flexibility index (Phi) is 4.32. The standard InChI is InChI=1S/C12H22N2S/c1-5-12(13,6-2)11(14(3)4)10-7-8-15-9-10/h7-9,11H,5-6,13H2,1-4H3. The summed E-state index contributed by atoms with van der Waals surface area (Å²) >= 11 is 1.74. The summed E-state index contributed by atoms with van der Waals surface area (Å²) < 4.78 is 0. The van der Waals surface area contributed by atoms with Crippen LogP contribution in [-0.2, 0) is 0 Å². The first-order chi connectivity index (χ1) is 7.05. The summed E-state index contributed by atoms with van der Waals surface area (Å²) in [5, 5.41) is 4.33. The van der Waals surface area contributed by atoms with Crippen molar-refractivity contribution in [2.45, 2.75) is 38.3 Å². The highest BCUT2D eigenvalue weighted by atomic mass is 32.1. The fraction of sp³-hybridized carbons (Fsp3) is 0.667. The summed E-state index contributed by atoms with van der Waals surface area (Å²) in [6, 6.07) is 2.50. The van der Waals surface area contributed by atoms with Crippen LogP contribution in [0.25, 0.3) is 0 Å². The summed E-state index contributed by atoms with van der Waals surface area (Å²) in [5.41, 5.74) is 7.72. The molecule has 1 heterocycles. The van der Waals surface area contributed by atoms with Crippen LogP contribution in [0.5, 0.6) is 0 Å². The van der Waals surface area contributed by atoms with Crippen LogP contribution < -0.4 is 5.73 Å². The maximum Gasteiger partial charge on any atom is 0.0531 e. The lowest BCUT2D eigenvalue weighted by molar-refractivity contribution is 0.167. The summed E-state index contributed by atoms with van der Waals surface area (Å²) in [4.78, 5) is 2.23. The van der Waals surface area contributed by atoms with Gasteiger partial charge in [-0.1, -0.05) is 13.8 Å². The zero-order valence-corrected chi connectivity index (χ0v) is 11.0. The molecular weight excluding hydrogens is 204 g/mol. The molecule has 1 rings (SSSR count). The molecule has 1 aromatic heterocycles. The first-order valence-electron chi connectivity index (χ1n) is 5.52. The molecule has 0 fully saturated rings. The minimum Gasteiger partial charge on any atom is -0.323 e. The largest absolute Gasteiger partial charge is 0.323 e. The van der Waals surface area contributed by atoms with Crippen LogP contribution in [0.1, 0.15) is 38.3 Å². The minimum absolute atomic E-state index is 0.120. The van der Waals surface area contributed by atoms with Gasteiger partial charge in [0.2, 0.25) is 0 Å². The monoisotopic (exact) mass is 226 g/mol. The van der Waals surface area contributed by atoms with Crippen LogP contribution in [0, 0.1) is 0 Å². The molecule has 1 aromatic rings. The molecule has 0 bridgehead atoms. The van der Waals surface area contributed by atoms with Crippen LogP contribution in [0.3, 0.4) is 0 Å². The van der Waals surface area contributed by atoms with Gasteiger partial charge in [-0.15, -0.1) is 0 Å². The van der Waals surface area contributed by atoms with Crippen LogP contribution >= 0.6 is 11.3 Å². The average molecular weight is 226 g/mol. The van der Waals surface area contributed by atoms with Crippen molar-refractivity contribution < 1.29 is 0 Å². The second-order valence-corrected chi connectivity index (χ2v) is 5.14. The average Bonchev–Trinajstić information content (AvgIpc) is 2.70. The van der Waals surface area contributed by atoms with Gasteiger partial charge in [-0.05, 0) is 49.3 Å². The number of hydrogen-bond acceptors (Lipinski definition) is 3. The Morgan fingerprint density at radius 2 is 2.00 bits per heavy atom. The Morgan fingerprint density at radius 1 is 1.40 bits per heavy atom. The zero-order valence-electron chi connectivity index (χ0n) is 10.2. The van der Waals surface area contributed by atoms with E-state index in [0.29, 0.717) is 6.04 Å². The molecule has 86 valence electrons. The lowest BCUT2D eigenvalue weighted by atomic mass is 9.82. The van der Waals surface area contributed by atoms with Gasteiger partial charge in [0.15, 0.2) is 0 Å². The molecule has 0 radical (unpaired) electrons. The van der Waals surface area contributed by atoms with Crippen molar-refractivity contribution in [2.75, 3.05) is 14.1 Å². The third-order valence-corrected chi connectivity index (χ3v) is 3.94. The van der Waals surface area contributed by atoms with Crippen LogP contribution in [-0.4, -0.2) is 24.5 Å². The van der Waals surface area contributed by atoms with Crippen LogP contribution in [0.15, 0.2) is 16.8 Å². The SMILES string of the molecule is CCC(N)(CC)C(c1ccsc1)N(C)C. The normalized spacial score (nSPS) is 14.5. The van der Waals surface area contributed by atoms with Gasteiger partial charge in [0.05, 0.1) is 6.04 Å². The van der Waals surface area contributed by atoms with E-state index in [9.17, 15) is 0 Å². The van der Waals surface area contributed by atoms with Crippen molar-refractivity contribution >= 4 is 11.3 Å². The predicted octanol–water partition coefficient (Wildman–Crippen LogP) is 2.87. The Labute approximate surface area is 97.1 Å². The van der Waals surface area contributed by atoms with Gasteiger partial charge in [-0.2, -0.15) is 11.3 Å². The van der Waals surface area contributed by atoms with Crippen molar-refractivity contribution in [3.63, 3.8) is 0 Å². The zero-order chi connectivity index (χ0) is 11.5. The summed E-state index contributed by atoms with van der Waals surface area (Å²) in [7, 11) is 4.21. The summed E-state index contributed by atoms with van der Waals surface area (Å²) in [6.07, 6.45) is 2.00. The highest BCUT2D eigenvalue weighted by Gasteiger charge is 2.34. The van der Waals surface area contributed by atoms with Crippen LogP contribution in [0.4, 0.5) is 0 Å². The number of hydrogen-bond donors (Lipinski definition) is 1. The summed E-state index contributed by atoms with van der Waals surface area (Å²) in [6.45, 7) is 4.35. The molecule has 1 atom stereocenters. The lowest BCUT2D eigenvalue weighted by Crippen LogP contribution is -2.49. The van der Waals surface area contributed by atoms with Gasteiger partial charge >= 0.3 is 0 Å². The molecule has 0 aliphatic rings. The molecule has 2 nitrogen and oxygen atoms in total. The van der Waals surface area contributed by atoms with E-state index in [-0.39, 0.29) is 5.54 Å². The van der Waals surface area contributed by atoms with Crippen molar-refractivity contribution in [3.05, 3.63) is 22.4 Å². The number of likely N-dealkylation sites (N-methyl/N-ethyl adjacent to an activating group) is 1. The van der Waals surface area contributed by atoms with Crippen LogP contribution in [0.2, 0.25) is 0 Å². The molecule has 0 saturated carbocycles. The fourth-order valence-corrected chi connectivity index (χ4v) is 2.89. The smallest absolute Gasteiger partial charge is 0.0531 e. The van der Waals surface area contributed by atoms with Gasteiger partial charge in [0.25, 0.3) is 0 Å². The predicted molar refractivity (Wildman–Crippen MR) is 68.2 cm³/mol. The molecule has 1 unspecified atom stereocenters. The quantitative estimate of drug-likeness (QED) is 0.836. The lowest BCUT2D eigenvalue weighted by Gasteiger charge is -2.40. The second-order valence-electron chi connectivity index (χ2n) is 4.36. The van der Waals surface area contributed by atoms with Gasteiger partial charge < -0.3 is 10.6 Å². The highest BCUT2D eigenvalue weighted by molar-refractivity contribution is 7.07. The van der Waals surface area contributed by atoms with E-state index >= 15 is 0 Å². The van der Waals surface area contributed by atoms with Crippen molar-refractivity contribution in [1.29, 1.82) is 0 Å². The molecule has 2 N–H and O–H groups in total. The topological polar surface area (TPSA) is 29.3 Å². The van der Waals surface area contributed by atoms with Crippen molar-refractivity contribution in [2.24, 2.45) is 5.73 Å². The molecule has 3 heteroatoms. The highest BCUT2D eigenvalue weighted by Crippen LogP contribution is 2.34. The van der Waals surface area contributed by atoms with E-state index in [1.807, 2.05) is 0 Å². The Morgan fingerprint density at radius 3 is 2.33 bits per heavy atom. The van der Waals surface area contributed by atoms with Gasteiger partial charge in [-0.25, -0.2) is 0 Å². The van der Waals surface area contributed by atoms with E-state index < -0.39 is 0 Å². The Bertz CT molecular complexity index is 276. The second kappa shape index (κ2) is 5.10. The molecule has 0 spiro atoms. The van der Waals surface area contributed by atoms with Gasteiger partial charge in [0, 0.05) is 5.54 Å². The molecular formula is C12H22N2S. The van der Waals surface area contributed by atoms with Crippen molar-refractivity contribution in [3.8, 4) is 0 Å². The van der Waals surface area contributed by atoms with E-state index in [0.717, 1.165) is 12.8 Å². The maximum atomic E-state index is 6.50.